The molecule has 1 aromatic carbocycles. The van der Waals surface area contributed by atoms with Crippen LogP contribution in [0.2, 0.25) is 0 Å². The van der Waals surface area contributed by atoms with Crippen LogP contribution in [0.3, 0.4) is 0 Å². The van der Waals surface area contributed by atoms with Gasteiger partial charge in [-0.3, -0.25) is 14.5 Å². The van der Waals surface area contributed by atoms with Gasteiger partial charge < -0.3 is 14.2 Å². The van der Waals surface area contributed by atoms with E-state index in [0.717, 1.165) is 24.6 Å². The quantitative estimate of drug-likeness (QED) is 0.490. The van der Waals surface area contributed by atoms with Gasteiger partial charge in [0.1, 0.15) is 0 Å². The highest BCUT2D eigenvalue weighted by atomic mass is 32.2. The van der Waals surface area contributed by atoms with Crippen molar-refractivity contribution in [3.8, 4) is 11.5 Å². The van der Waals surface area contributed by atoms with Gasteiger partial charge in [0.25, 0.3) is 11.1 Å². The number of ether oxygens (including phenoxy) is 3. The lowest BCUT2D eigenvalue weighted by molar-refractivity contribution is -0.142. The summed E-state index contributed by atoms with van der Waals surface area (Å²) in [7, 11) is 2.77. The van der Waals surface area contributed by atoms with Crippen LogP contribution in [0.25, 0.3) is 6.08 Å². The third-order valence-corrected chi connectivity index (χ3v) is 6.01. The summed E-state index contributed by atoms with van der Waals surface area (Å²) in [6.45, 7) is 0.276. The van der Waals surface area contributed by atoms with E-state index in [-0.39, 0.29) is 17.8 Å². The van der Waals surface area contributed by atoms with Crippen LogP contribution in [0, 0.1) is 5.92 Å². The maximum absolute atomic E-state index is 12.7. The van der Waals surface area contributed by atoms with Gasteiger partial charge in [0, 0.05) is 6.54 Å². The Kier molecular flexibility index (Phi) is 7.19. The van der Waals surface area contributed by atoms with Gasteiger partial charge >= 0.3 is 5.97 Å². The lowest BCUT2D eigenvalue weighted by Gasteiger charge is -2.25. The Labute approximate surface area is 174 Å². The lowest BCUT2D eigenvalue weighted by atomic mass is 9.89. The summed E-state index contributed by atoms with van der Waals surface area (Å²) in [4.78, 5) is 38.1. The minimum absolute atomic E-state index is 0.211. The van der Waals surface area contributed by atoms with E-state index in [0.29, 0.717) is 34.4 Å². The molecule has 0 N–H and O–H groups in total. The summed E-state index contributed by atoms with van der Waals surface area (Å²) in [5.41, 5.74) is 0.704. The second-order valence-electron chi connectivity index (χ2n) is 7.07. The SMILES string of the molecule is COC(=O)COc1ccc(/C=C2/SC(=O)N(CC3CCCCC3)C2=O)cc1OC. The van der Waals surface area contributed by atoms with Gasteiger partial charge in [-0.1, -0.05) is 25.3 Å². The van der Waals surface area contributed by atoms with E-state index in [4.69, 9.17) is 9.47 Å². The van der Waals surface area contributed by atoms with Crippen molar-refractivity contribution >= 4 is 35.0 Å². The average Bonchev–Trinajstić information content (AvgIpc) is 3.00. The number of nitrogens with zero attached hydrogens (tertiary/aromatic N) is 1. The van der Waals surface area contributed by atoms with E-state index in [1.165, 1.54) is 38.4 Å². The maximum atomic E-state index is 12.7. The van der Waals surface area contributed by atoms with Crippen molar-refractivity contribution in [1.29, 1.82) is 0 Å². The molecule has 29 heavy (non-hydrogen) atoms. The fourth-order valence-electron chi connectivity index (χ4n) is 3.53. The summed E-state index contributed by atoms with van der Waals surface area (Å²) >= 11 is 0.965. The van der Waals surface area contributed by atoms with Crippen LogP contribution in [0.1, 0.15) is 37.7 Å². The molecule has 0 spiro atoms. The van der Waals surface area contributed by atoms with E-state index >= 15 is 0 Å². The van der Waals surface area contributed by atoms with Crippen LogP contribution in [0.4, 0.5) is 4.79 Å². The molecule has 0 unspecified atom stereocenters. The highest BCUT2D eigenvalue weighted by Crippen LogP contribution is 2.36. The summed E-state index contributed by atoms with van der Waals surface area (Å²) < 4.78 is 15.3. The average molecular weight is 419 g/mol. The number of carbonyl (C=O) groups is 3. The fourth-order valence-corrected chi connectivity index (χ4v) is 4.37. The maximum Gasteiger partial charge on any atom is 0.343 e. The van der Waals surface area contributed by atoms with Gasteiger partial charge in [0.2, 0.25) is 0 Å². The van der Waals surface area contributed by atoms with Gasteiger partial charge in [-0.05, 0) is 54.3 Å². The van der Waals surface area contributed by atoms with Crippen molar-refractivity contribution in [3.63, 3.8) is 0 Å². The monoisotopic (exact) mass is 419 g/mol. The number of esters is 1. The van der Waals surface area contributed by atoms with Gasteiger partial charge in [0.05, 0.1) is 19.1 Å². The summed E-state index contributed by atoms with van der Waals surface area (Å²) in [6.07, 6.45) is 7.40. The molecule has 1 aliphatic heterocycles. The second-order valence-corrected chi connectivity index (χ2v) is 8.06. The van der Waals surface area contributed by atoms with Crippen LogP contribution in [-0.2, 0) is 14.3 Å². The number of rotatable bonds is 7. The van der Waals surface area contributed by atoms with Gasteiger partial charge in [-0.25, -0.2) is 4.79 Å². The molecule has 0 radical (unpaired) electrons. The molecule has 1 saturated carbocycles. The Morgan fingerprint density at radius 3 is 2.62 bits per heavy atom. The number of benzene rings is 1. The molecule has 2 aliphatic rings. The number of methoxy groups -OCH3 is 2. The number of amides is 2. The summed E-state index contributed by atoms with van der Waals surface area (Å²) in [6, 6.07) is 5.09. The van der Waals surface area contributed by atoms with E-state index in [1.807, 2.05) is 0 Å². The molecule has 0 aromatic heterocycles. The van der Waals surface area contributed by atoms with Gasteiger partial charge in [-0.2, -0.15) is 0 Å². The van der Waals surface area contributed by atoms with Crippen LogP contribution >= 0.6 is 11.8 Å². The van der Waals surface area contributed by atoms with Crippen molar-refractivity contribution in [3.05, 3.63) is 28.7 Å². The minimum atomic E-state index is -0.497. The van der Waals surface area contributed by atoms with E-state index in [9.17, 15) is 14.4 Å². The Morgan fingerprint density at radius 2 is 1.93 bits per heavy atom. The van der Waals surface area contributed by atoms with Crippen molar-refractivity contribution in [2.75, 3.05) is 27.4 Å². The number of hydrogen-bond acceptors (Lipinski definition) is 7. The Hall–Kier alpha value is -2.48. The highest BCUT2D eigenvalue weighted by molar-refractivity contribution is 8.18. The lowest BCUT2D eigenvalue weighted by Crippen LogP contribution is -2.34. The second kappa shape index (κ2) is 9.82. The normalized spacial score (nSPS) is 19.0. The molecule has 0 atom stereocenters. The number of imide groups is 1. The van der Waals surface area contributed by atoms with E-state index in [2.05, 4.69) is 4.74 Å². The standard InChI is InChI=1S/C21H25NO6S/c1-26-17-10-15(8-9-16(17)28-13-19(23)27-2)11-18-20(24)22(21(25)29-18)12-14-6-4-3-5-7-14/h8-11,14H,3-7,12-13H2,1-2H3/b18-11+. The molecule has 1 aliphatic carbocycles. The molecule has 2 amide bonds. The molecule has 7 nitrogen and oxygen atoms in total. The molecule has 1 saturated heterocycles. The molecule has 2 fully saturated rings. The van der Waals surface area contributed by atoms with Crippen molar-refractivity contribution < 1.29 is 28.6 Å². The fraction of sp³-hybridized carbons (Fsp3) is 0.476. The van der Waals surface area contributed by atoms with Crippen LogP contribution in [-0.4, -0.2) is 49.4 Å². The number of hydrogen-bond donors (Lipinski definition) is 0. The molecule has 1 aromatic rings. The van der Waals surface area contributed by atoms with Crippen molar-refractivity contribution in [2.24, 2.45) is 5.92 Å². The zero-order valence-electron chi connectivity index (χ0n) is 16.6. The van der Waals surface area contributed by atoms with E-state index in [1.54, 1.807) is 24.3 Å². The van der Waals surface area contributed by atoms with Crippen molar-refractivity contribution in [1.82, 2.24) is 4.90 Å². The molecule has 8 heteroatoms. The molecule has 156 valence electrons. The van der Waals surface area contributed by atoms with Crippen molar-refractivity contribution in [2.45, 2.75) is 32.1 Å². The number of thioether (sulfide) groups is 1. The Morgan fingerprint density at radius 1 is 1.17 bits per heavy atom. The molecular weight excluding hydrogens is 394 g/mol. The smallest absolute Gasteiger partial charge is 0.343 e. The molecule has 1 heterocycles. The van der Waals surface area contributed by atoms with E-state index < -0.39 is 5.97 Å². The first-order valence-electron chi connectivity index (χ1n) is 9.65. The minimum Gasteiger partial charge on any atom is -0.493 e. The first-order chi connectivity index (χ1) is 14.0. The predicted octanol–water partition coefficient (Wildman–Crippen LogP) is 3.86. The first-order valence-corrected chi connectivity index (χ1v) is 10.5. The summed E-state index contributed by atoms with van der Waals surface area (Å²) in [5.74, 6) is 0.478. The number of carbonyl (C=O) groups excluding carboxylic acids is 3. The van der Waals surface area contributed by atoms with Crippen LogP contribution < -0.4 is 9.47 Å². The zero-order valence-corrected chi connectivity index (χ0v) is 17.5. The molecular formula is C21H25NO6S. The Balaban J connectivity index is 1.71. The summed E-state index contributed by atoms with van der Waals surface area (Å²) in [5, 5.41) is -0.211. The zero-order chi connectivity index (χ0) is 20.8. The Bertz CT molecular complexity index is 815. The third kappa shape index (κ3) is 5.32. The van der Waals surface area contributed by atoms with Gasteiger partial charge in [0.15, 0.2) is 18.1 Å². The molecule has 3 rings (SSSR count). The highest BCUT2D eigenvalue weighted by Gasteiger charge is 2.36. The van der Waals surface area contributed by atoms with Crippen LogP contribution in [0.15, 0.2) is 23.1 Å². The topological polar surface area (TPSA) is 82.1 Å². The largest absolute Gasteiger partial charge is 0.493 e. The van der Waals surface area contributed by atoms with Crippen LogP contribution in [0.5, 0.6) is 11.5 Å². The molecule has 0 bridgehead atoms. The van der Waals surface area contributed by atoms with Gasteiger partial charge in [-0.15, -0.1) is 0 Å². The first kappa shape index (κ1) is 21.2. The predicted molar refractivity (Wildman–Crippen MR) is 110 cm³/mol. The third-order valence-electron chi connectivity index (χ3n) is 5.10.